The Labute approximate surface area is 270 Å². The Morgan fingerprint density at radius 2 is 1.66 bits per heavy atom. The lowest BCUT2D eigenvalue weighted by molar-refractivity contribution is -0.153. The summed E-state index contributed by atoms with van der Waals surface area (Å²) in [4.78, 5) is 28.5. The lowest BCUT2D eigenvalue weighted by Gasteiger charge is -2.34. The van der Waals surface area contributed by atoms with Gasteiger partial charge >= 0.3 is 6.18 Å². The first kappa shape index (κ1) is 32.3. The van der Waals surface area contributed by atoms with Gasteiger partial charge in [0.2, 0.25) is 5.88 Å². The van der Waals surface area contributed by atoms with Crippen LogP contribution in [-0.4, -0.2) is 107 Å². The van der Waals surface area contributed by atoms with Gasteiger partial charge in [0.1, 0.15) is 22.9 Å². The molecule has 13 heteroatoms. The van der Waals surface area contributed by atoms with Crippen LogP contribution in [0.3, 0.4) is 0 Å². The number of nitrogens with zero attached hydrogens (tertiary/aromatic N) is 6. The maximum atomic E-state index is 13.5. The highest BCUT2D eigenvalue weighted by Gasteiger charge is 2.28. The zero-order valence-corrected chi connectivity index (χ0v) is 26.0. The van der Waals surface area contributed by atoms with E-state index in [1.165, 1.54) is 0 Å². The van der Waals surface area contributed by atoms with Crippen LogP contribution in [0.5, 0.6) is 17.4 Å². The number of fused-ring (bicyclic) bond motifs is 1. The average Bonchev–Trinajstić information content (AvgIpc) is 3.41. The minimum atomic E-state index is -4.37. The van der Waals surface area contributed by atoms with E-state index in [4.69, 9.17) is 14.2 Å². The molecule has 47 heavy (non-hydrogen) atoms. The Hall–Kier alpha value is -4.64. The number of amides is 1. The molecular weight excluding hydrogens is 613 g/mol. The van der Waals surface area contributed by atoms with Crippen molar-refractivity contribution in [2.75, 3.05) is 65.6 Å². The van der Waals surface area contributed by atoms with Crippen LogP contribution in [0.2, 0.25) is 0 Å². The smallest absolute Gasteiger partial charge is 0.422 e. The van der Waals surface area contributed by atoms with Gasteiger partial charge < -0.3 is 23.7 Å². The SMILES string of the molecule is Cn1c(C(=O)N2CCN(Cc3ccc(OCC(F)(F)F)cc3)CC2)cc2ccc(Oc3cnc(C#CCN4CCOCC4)cn3)cc21. The number of carbonyl (C=O) groups excluding carboxylic acids is 1. The Morgan fingerprint density at radius 3 is 2.36 bits per heavy atom. The third-order valence-electron chi connectivity index (χ3n) is 8.10. The summed E-state index contributed by atoms with van der Waals surface area (Å²) < 4.78 is 55.2. The van der Waals surface area contributed by atoms with Crippen LogP contribution in [0.15, 0.2) is 60.9 Å². The van der Waals surface area contributed by atoms with Crippen molar-refractivity contribution in [3.63, 3.8) is 0 Å². The summed E-state index contributed by atoms with van der Waals surface area (Å²) in [6.07, 6.45) is -1.24. The van der Waals surface area contributed by atoms with Gasteiger partial charge in [0.25, 0.3) is 5.91 Å². The fourth-order valence-electron chi connectivity index (χ4n) is 5.52. The Kier molecular flexibility index (Phi) is 9.91. The lowest BCUT2D eigenvalue weighted by Crippen LogP contribution is -2.48. The molecule has 0 spiro atoms. The van der Waals surface area contributed by atoms with Gasteiger partial charge in [-0.3, -0.25) is 14.6 Å². The Bertz CT molecular complexity index is 1730. The molecule has 2 fully saturated rings. The topological polar surface area (TPSA) is 85.2 Å². The van der Waals surface area contributed by atoms with Crippen molar-refractivity contribution in [3.8, 4) is 29.2 Å². The van der Waals surface area contributed by atoms with E-state index < -0.39 is 12.8 Å². The quantitative estimate of drug-likeness (QED) is 0.261. The van der Waals surface area contributed by atoms with E-state index in [2.05, 4.69) is 31.6 Å². The summed E-state index contributed by atoms with van der Waals surface area (Å²) in [5.74, 6) is 7.23. The van der Waals surface area contributed by atoms with E-state index >= 15 is 0 Å². The Morgan fingerprint density at radius 1 is 0.915 bits per heavy atom. The normalized spacial score (nSPS) is 16.1. The van der Waals surface area contributed by atoms with Gasteiger partial charge in [-0.25, -0.2) is 9.97 Å². The highest BCUT2D eigenvalue weighted by molar-refractivity contribution is 5.99. The van der Waals surface area contributed by atoms with Gasteiger partial charge in [-0.1, -0.05) is 18.1 Å². The van der Waals surface area contributed by atoms with E-state index in [1.54, 1.807) is 36.7 Å². The van der Waals surface area contributed by atoms with Crippen molar-refractivity contribution in [3.05, 3.63) is 77.9 Å². The molecule has 0 bridgehead atoms. The number of aryl methyl sites for hydroxylation is 1. The molecule has 246 valence electrons. The summed E-state index contributed by atoms with van der Waals surface area (Å²) in [6.45, 7) is 5.69. The number of hydrogen-bond donors (Lipinski definition) is 0. The van der Waals surface area contributed by atoms with E-state index in [0.29, 0.717) is 62.3 Å². The Balaban J connectivity index is 1.01. The zero-order chi connectivity index (χ0) is 32.8. The summed E-state index contributed by atoms with van der Waals surface area (Å²) in [6, 6.07) is 14.1. The first-order valence-electron chi connectivity index (χ1n) is 15.4. The molecule has 1 amide bonds. The number of alkyl halides is 3. The van der Waals surface area contributed by atoms with Gasteiger partial charge in [-0.2, -0.15) is 13.2 Å². The van der Waals surface area contributed by atoms with Crippen molar-refractivity contribution in [2.45, 2.75) is 12.7 Å². The predicted molar refractivity (Wildman–Crippen MR) is 168 cm³/mol. The minimum Gasteiger partial charge on any atom is -0.484 e. The molecule has 2 saturated heterocycles. The highest BCUT2D eigenvalue weighted by atomic mass is 19.4. The predicted octanol–water partition coefficient (Wildman–Crippen LogP) is 4.34. The third kappa shape index (κ3) is 8.59. The summed E-state index contributed by atoms with van der Waals surface area (Å²) >= 11 is 0. The van der Waals surface area contributed by atoms with Crippen molar-refractivity contribution < 1.29 is 32.2 Å². The van der Waals surface area contributed by atoms with Crippen LogP contribution >= 0.6 is 0 Å². The number of aromatic nitrogens is 3. The first-order chi connectivity index (χ1) is 22.7. The number of rotatable bonds is 8. The molecule has 0 aliphatic carbocycles. The molecule has 2 aliphatic heterocycles. The van der Waals surface area contributed by atoms with Gasteiger partial charge in [0.15, 0.2) is 6.61 Å². The van der Waals surface area contributed by atoms with E-state index in [9.17, 15) is 18.0 Å². The van der Waals surface area contributed by atoms with Crippen molar-refractivity contribution in [2.24, 2.45) is 7.05 Å². The number of ether oxygens (including phenoxy) is 3. The third-order valence-corrected chi connectivity index (χ3v) is 8.10. The summed E-state index contributed by atoms with van der Waals surface area (Å²) in [5, 5.41) is 0.918. The van der Waals surface area contributed by atoms with Crippen molar-refractivity contribution in [1.82, 2.24) is 29.2 Å². The van der Waals surface area contributed by atoms with Crippen LogP contribution in [-0.2, 0) is 18.3 Å². The maximum absolute atomic E-state index is 13.5. The largest absolute Gasteiger partial charge is 0.484 e. The molecule has 2 aromatic carbocycles. The number of halogens is 3. The average molecular weight is 649 g/mol. The second kappa shape index (κ2) is 14.4. The van der Waals surface area contributed by atoms with Crippen LogP contribution in [0.4, 0.5) is 13.2 Å². The maximum Gasteiger partial charge on any atom is 0.422 e. The molecule has 0 saturated carbocycles. The molecule has 2 aliphatic rings. The van der Waals surface area contributed by atoms with E-state index in [1.807, 2.05) is 40.8 Å². The van der Waals surface area contributed by atoms with Crippen LogP contribution in [0.25, 0.3) is 10.9 Å². The second-order valence-corrected chi connectivity index (χ2v) is 11.5. The molecule has 4 aromatic rings. The molecule has 0 unspecified atom stereocenters. The monoisotopic (exact) mass is 648 g/mol. The molecular formula is C34H35F3N6O4. The number of morpholine rings is 1. The summed E-state index contributed by atoms with van der Waals surface area (Å²) in [5.41, 5.74) is 2.97. The molecule has 2 aromatic heterocycles. The molecule has 0 radical (unpaired) electrons. The van der Waals surface area contributed by atoms with Gasteiger partial charge in [0.05, 0.1) is 37.7 Å². The minimum absolute atomic E-state index is 0.0480. The van der Waals surface area contributed by atoms with Gasteiger partial charge in [-0.05, 0) is 41.8 Å². The molecule has 6 rings (SSSR count). The van der Waals surface area contributed by atoms with Crippen LogP contribution < -0.4 is 9.47 Å². The standard InChI is InChI=1S/C34H35F3N6O4/c1-40-30-20-29(47-32-22-38-27(21-39-32)3-2-10-41-15-17-45-18-16-41)9-6-26(30)19-31(40)33(44)43-13-11-42(12-14-43)23-25-4-7-28(8-5-25)46-24-34(35,36)37/h4-9,19-22H,10-18,23-24H2,1H3. The van der Waals surface area contributed by atoms with E-state index in [-0.39, 0.29) is 11.7 Å². The lowest BCUT2D eigenvalue weighted by atomic mass is 10.2. The first-order valence-corrected chi connectivity index (χ1v) is 15.4. The number of hydrogen-bond acceptors (Lipinski definition) is 8. The van der Waals surface area contributed by atoms with Crippen molar-refractivity contribution >= 4 is 16.8 Å². The molecule has 4 heterocycles. The van der Waals surface area contributed by atoms with E-state index in [0.717, 1.165) is 42.8 Å². The van der Waals surface area contributed by atoms with Gasteiger partial charge in [-0.15, -0.1) is 0 Å². The van der Waals surface area contributed by atoms with Crippen molar-refractivity contribution in [1.29, 1.82) is 0 Å². The zero-order valence-electron chi connectivity index (χ0n) is 26.0. The van der Waals surface area contributed by atoms with Gasteiger partial charge in [0, 0.05) is 64.3 Å². The second-order valence-electron chi connectivity index (χ2n) is 11.5. The number of carbonyl (C=O) groups is 1. The fourth-order valence-corrected chi connectivity index (χ4v) is 5.52. The molecule has 0 N–H and O–H groups in total. The number of benzene rings is 2. The fraction of sp³-hybridized carbons (Fsp3) is 0.382. The van der Waals surface area contributed by atoms with Crippen LogP contribution in [0.1, 0.15) is 21.7 Å². The highest BCUT2D eigenvalue weighted by Crippen LogP contribution is 2.27. The molecule has 10 nitrogen and oxygen atoms in total. The van der Waals surface area contributed by atoms with Crippen LogP contribution in [0, 0.1) is 11.8 Å². The molecule has 0 atom stereocenters. The number of piperazine rings is 1. The summed E-state index contributed by atoms with van der Waals surface area (Å²) in [7, 11) is 1.86.